The number of rotatable bonds is 4. The van der Waals surface area contributed by atoms with Gasteiger partial charge in [0, 0.05) is 5.92 Å². The number of hydrogen-bond donors (Lipinski definition) is 1. The highest BCUT2D eigenvalue weighted by atomic mass is 32.2. The molecular formula is C21H42O5SSi. The predicted molar refractivity (Wildman–Crippen MR) is 116 cm³/mol. The maximum absolute atomic E-state index is 11.8. The molecule has 7 heteroatoms. The van der Waals surface area contributed by atoms with Crippen LogP contribution in [-0.4, -0.2) is 45.9 Å². The maximum Gasteiger partial charge on any atom is 0.264 e. The van der Waals surface area contributed by atoms with E-state index < -0.39 is 35.6 Å². The van der Waals surface area contributed by atoms with E-state index in [9.17, 15) is 13.5 Å². The zero-order valence-electron chi connectivity index (χ0n) is 19.5. The lowest BCUT2D eigenvalue weighted by Crippen LogP contribution is -2.67. The number of hydrogen-bond acceptors (Lipinski definition) is 5. The first-order valence-electron chi connectivity index (χ1n) is 10.5. The fraction of sp³-hybridized carbons (Fsp3) is 1.00. The van der Waals surface area contributed by atoms with Crippen molar-refractivity contribution in [2.24, 2.45) is 16.7 Å². The molecule has 2 rings (SSSR count). The van der Waals surface area contributed by atoms with E-state index in [1.54, 1.807) is 0 Å². The molecule has 0 aliphatic heterocycles. The molecule has 0 saturated heterocycles. The van der Waals surface area contributed by atoms with E-state index in [0.29, 0.717) is 12.8 Å². The summed E-state index contributed by atoms with van der Waals surface area (Å²) in [6, 6.07) is 0. The third-order valence-corrected chi connectivity index (χ3v) is 13.1. The molecule has 2 saturated carbocycles. The lowest BCUT2D eigenvalue weighted by molar-refractivity contribution is -0.226. The van der Waals surface area contributed by atoms with E-state index >= 15 is 0 Å². The highest BCUT2D eigenvalue weighted by Crippen LogP contribution is 2.62. The van der Waals surface area contributed by atoms with Gasteiger partial charge in [0.15, 0.2) is 8.32 Å². The molecule has 5 atom stereocenters. The van der Waals surface area contributed by atoms with Gasteiger partial charge in [0.2, 0.25) is 0 Å². The van der Waals surface area contributed by atoms with Crippen molar-refractivity contribution in [2.75, 3.05) is 6.26 Å². The van der Waals surface area contributed by atoms with Crippen LogP contribution in [0, 0.1) is 16.7 Å². The molecule has 28 heavy (non-hydrogen) atoms. The van der Waals surface area contributed by atoms with Gasteiger partial charge >= 0.3 is 0 Å². The fourth-order valence-corrected chi connectivity index (χ4v) is 8.08. The minimum atomic E-state index is -3.56. The van der Waals surface area contributed by atoms with Crippen molar-refractivity contribution < 1.29 is 22.1 Å². The van der Waals surface area contributed by atoms with E-state index in [-0.39, 0.29) is 22.5 Å². The van der Waals surface area contributed by atoms with Crippen molar-refractivity contribution >= 4 is 18.4 Å². The standard InChI is InChI=1S/C21H42O5SSi/c1-18(2,3)28(9,10)26-16-12-14-21(7,22)17-19(4,5)15(25-27(8,23)24)11-13-20(16,17)6/h15-17,22H,11-14H2,1-10H3/t15-,16-,17?,20+,21+/m0/s1. The molecule has 1 N–H and O–H groups in total. The monoisotopic (exact) mass is 434 g/mol. The molecule has 0 aromatic heterocycles. The molecule has 2 fully saturated rings. The summed E-state index contributed by atoms with van der Waals surface area (Å²) < 4.78 is 36.1. The van der Waals surface area contributed by atoms with Crippen LogP contribution in [0.25, 0.3) is 0 Å². The summed E-state index contributed by atoms with van der Waals surface area (Å²) in [5, 5.41) is 11.5. The Balaban J connectivity index is 2.45. The molecule has 0 spiro atoms. The van der Waals surface area contributed by atoms with Gasteiger partial charge < -0.3 is 9.53 Å². The van der Waals surface area contributed by atoms with Gasteiger partial charge in [0.05, 0.1) is 24.1 Å². The van der Waals surface area contributed by atoms with Crippen LogP contribution in [0.1, 0.15) is 74.1 Å². The lowest BCUT2D eigenvalue weighted by atomic mass is 9.46. The second kappa shape index (κ2) is 7.04. The quantitative estimate of drug-likeness (QED) is 0.512. The van der Waals surface area contributed by atoms with Crippen LogP contribution in [0.2, 0.25) is 18.1 Å². The molecule has 0 aromatic rings. The zero-order chi connectivity index (χ0) is 22.0. The molecule has 166 valence electrons. The Bertz CT molecular complexity index is 692. The van der Waals surface area contributed by atoms with Crippen molar-refractivity contribution in [1.29, 1.82) is 0 Å². The van der Waals surface area contributed by atoms with Crippen molar-refractivity contribution in [2.45, 2.75) is 110 Å². The van der Waals surface area contributed by atoms with Crippen LogP contribution < -0.4 is 0 Å². The summed E-state index contributed by atoms with van der Waals surface area (Å²) in [6.07, 6.45) is 3.67. The van der Waals surface area contributed by atoms with Crippen molar-refractivity contribution in [3.63, 3.8) is 0 Å². The summed E-state index contributed by atoms with van der Waals surface area (Å²) >= 11 is 0. The third kappa shape index (κ3) is 4.38. The van der Waals surface area contributed by atoms with E-state index in [1.807, 2.05) is 20.8 Å². The van der Waals surface area contributed by atoms with Gasteiger partial charge in [-0.1, -0.05) is 41.5 Å². The molecule has 0 heterocycles. The van der Waals surface area contributed by atoms with Crippen LogP contribution in [0.15, 0.2) is 0 Å². The number of aliphatic hydroxyl groups is 1. The Morgan fingerprint density at radius 1 is 1.00 bits per heavy atom. The average molecular weight is 435 g/mol. The highest BCUT2D eigenvalue weighted by molar-refractivity contribution is 7.86. The fourth-order valence-electron chi connectivity index (χ4n) is 5.86. The minimum Gasteiger partial charge on any atom is -0.413 e. The van der Waals surface area contributed by atoms with Crippen LogP contribution >= 0.6 is 0 Å². The predicted octanol–water partition coefficient (Wildman–Crippen LogP) is 4.71. The molecule has 0 amide bonds. The van der Waals surface area contributed by atoms with Crippen molar-refractivity contribution in [3.05, 3.63) is 0 Å². The minimum absolute atomic E-state index is 0.0667. The Morgan fingerprint density at radius 2 is 1.50 bits per heavy atom. The first kappa shape index (κ1) is 24.3. The van der Waals surface area contributed by atoms with Gasteiger partial charge in [0.25, 0.3) is 10.1 Å². The van der Waals surface area contributed by atoms with Gasteiger partial charge in [-0.2, -0.15) is 8.42 Å². The average Bonchev–Trinajstić information content (AvgIpc) is 2.42. The maximum atomic E-state index is 11.8. The Kier molecular flexibility index (Phi) is 6.12. The van der Waals surface area contributed by atoms with Crippen molar-refractivity contribution in [3.8, 4) is 0 Å². The lowest BCUT2D eigenvalue weighted by Gasteiger charge is -2.64. The second-order valence-electron chi connectivity index (χ2n) is 11.9. The Labute approximate surface area is 173 Å². The van der Waals surface area contributed by atoms with Gasteiger partial charge in [-0.05, 0) is 61.6 Å². The molecule has 5 nitrogen and oxygen atoms in total. The van der Waals surface area contributed by atoms with E-state index in [2.05, 4.69) is 40.8 Å². The van der Waals surface area contributed by atoms with E-state index in [0.717, 1.165) is 19.1 Å². The molecule has 0 radical (unpaired) electrons. The Hall–Kier alpha value is 0.0469. The smallest absolute Gasteiger partial charge is 0.264 e. The molecule has 1 unspecified atom stereocenters. The molecule has 0 aromatic carbocycles. The number of fused-ring (bicyclic) bond motifs is 1. The Morgan fingerprint density at radius 3 is 1.96 bits per heavy atom. The first-order chi connectivity index (χ1) is 12.2. The first-order valence-corrected chi connectivity index (χ1v) is 15.2. The molecule has 2 aliphatic carbocycles. The summed E-state index contributed by atoms with van der Waals surface area (Å²) in [6.45, 7) is 19.5. The van der Waals surface area contributed by atoms with Crippen LogP contribution in [0.5, 0.6) is 0 Å². The van der Waals surface area contributed by atoms with E-state index in [1.165, 1.54) is 0 Å². The largest absolute Gasteiger partial charge is 0.413 e. The van der Waals surface area contributed by atoms with Crippen LogP contribution in [0.3, 0.4) is 0 Å². The summed E-state index contributed by atoms with van der Waals surface area (Å²) in [7, 11) is -5.53. The molecule has 0 bridgehead atoms. The highest BCUT2D eigenvalue weighted by Gasteiger charge is 2.64. The van der Waals surface area contributed by atoms with Crippen LogP contribution in [0.4, 0.5) is 0 Å². The van der Waals surface area contributed by atoms with Crippen molar-refractivity contribution in [1.82, 2.24) is 0 Å². The summed E-state index contributed by atoms with van der Waals surface area (Å²) in [5.74, 6) is -0.114. The normalized spacial score (nSPS) is 39.5. The van der Waals surface area contributed by atoms with Gasteiger partial charge in [-0.3, -0.25) is 4.18 Å². The zero-order valence-corrected chi connectivity index (χ0v) is 21.4. The van der Waals surface area contributed by atoms with Gasteiger partial charge in [-0.25, -0.2) is 0 Å². The summed E-state index contributed by atoms with van der Waals surface area (Å²) in [5.41, 5.74) is -1.60. The second-order valence-corrected chi connectivity index (χ2v) is 18.2. The van der Waals surface area contributed by atoms with Gasteiger partial charge in [-0.15, -0.1) is 0 Å². The summed E-state index contributed by atoms with van der Waals surface area (Å²) in [4.78, 5) is 0. The van der Waals surface area contributed by atoms with Crippen LogP contribution in [-0.2, 0) is 18.7 Å². The third-order valence-electron chi connectivity index (χ3n) is 7.98. The van der Waals surface area contributed by atoms with Gasteiger partial charge in [0.1, 0.15) is 0 Å². The molecule has 2 aliphatic rings. The van der Waals surface area contributed by atoms with E-state index in [4.69, 9.17) is 8.61 Å². The topological polar surface area (TPSA) is 72.8 Å². The molecular weight excluding hydrogens is 392 g/mol. The SMILES string of the molecule is CC1(C)C2[C@](C)(CC[C@@H]1OS(C)(=O)=O)[C@@H](O[Si](C)(C)C(C)(C)C)CC[C@@]2(C)O.